The van der Waals surface area contributed by atoms with Crippen molar-refractivity contribution in [1.29, 1.82) is 0 Å². The van der Waals surface area contributed by atoms with Gasteiger partial charge in [0.15, 0.2) is 0 Å². The fraction of sp³-hybridized carbons (Fsp3) is 0.571. The molecule has 0 aromatic rings. The zero-order valence-electron chi connectivity index (χ0n) is 9.69. The van der Waals surface area contributed by atoms with E-state index in [2.05, 4.69) is 25.7 Å². The molecule has 16 heavy (non-hydrogen) atoms. The maximum absolute atomic E-state index is 11.4. The Labute approximate surface area is 96.4 Å². The lowest BCUT2D eigenvalue weighted by atomic mass is 9.85. The minimum atomic E-state index is 0.0764. The SMILES string of the molecule is C=CCC.O=C1CC(=O)C2C3C=CC(C3)C12. The highest BCUT2D eigenvalue weighted by Crippen LogP contribution is 2.52. The Hall–Kier alpha value is -1.18. The van der Waals surface area contributed by atoms with Gasteiger partial charge < -0.3 is 0 Å². The minimum Gasteiger partial charge on any atom is -0.299 e. The van der Waals surface area contributed by atoms with Crippen LogP contribution in [0.2, 0.25) is 0 Å². The Morgan fingerprint density at radius 3 is 2.06 bits per heavy atom. The van der Waals surface area contributed by atoms with Crippen LogP contribution in [0.1, 0.15) is 26.2 Å². The van der Waals surface area contributed by atoms with E-state index in [9.17, 15) is 9.59 Å². The quantitative estimate of drug-likeness (QED) is 0.500. The average molecular weight is 218 g/mol. The molecule has 2 heteroatoms. The molecule has 0 heterocycles. The first-order valence-electron chi connectivity index (χ1n) is 6.03. The van der Waals surface area contributed by atoms with Crippen LogP contribution in [-0.2, 0) is 9.59 Å². The van der Waals surface area contributed by atoms with Gasteiger partial charge in [-0.2, -0.15) is 0 Å². The molecule has 2 fully saturated rings. The van der Waals surface area contributed by atoms with E-state index >= 15 is 0 Å². The number of hydrogen-bond acceptors (Lipinski definition) is 2. The molecule has 0 saturated heterocycles. The molecule has 3 aliphatic rings. The molecule has 0 aromatic carbocycles. The predicted molar refractivity (Wildman–Crippen MR) is 62.8 cm³/mol. The molecule has 3 aliphatic carbocycles. The van der Waals surface area contributed by atoms with Gasteiger partial charge in [-0.25, -0.2) is 0 Å². The van der Waals surface area contributed by atoms with Crippen LogP contribution in [0.3, 0.4) is 0 Å². The second-order valence-corrected chi connectivity index (χ2v) is 4.81. The van der Waals surface area contributed by atoms with Gasteiger partial charge in [0.1, 0.15) is 11.6 Å². The summed E-state index contributed by atoms with van der Waals surface area (Å²) in [6, 6.07) is 0. The maximum Gasteiger partial charge on any atom is 0.144 e. The van der Waals surface area contributed by atoms with Gasteiger partial charge in [-0.15, -0.1) is 6.58 Å². The fourth-order valence-electron chi connectivity index (χ4n) is 3.11. The number of Topliss-reactive ketones (excluding diaryl/α,β-unsaturated/α-hetero) is 2. The molecule has 0 N–H and O–H groups in total. The summed E-state index contributed by atoms with van der Waals surface area (Å²) in [7, 11) is 0. The third-order valence-corrected chi connectivity index (χ3v) is 3.84. The summed E-state index contributed by atoms with van der Waals surface area (Å²) in [5, 5.41) is 0. The van der Waals surface area contributed by atoms with Gasteiger partial charge in [0.2, 0.25) is 0 Å². The maximum atomic E-state index is 11.4. The summed E-state index contributed by atoms with van der Waals surface area (Å²) < 4.78 is 0. The van der Waals surface area contributed by atoms with Crippen molar-refractivity contribution in [1.82, 2.24) is 0 Å². The van der Waals surface area contributed by atoms with Gasteiger partial charge in [-0.05, 0) is 24.7 Å². The molecule has 0 radical (unpaired) electrons. The van der Waals surface area contributed by atoms with Crippen molar-refractivity contribution < 1.29 is 9.59 Å². The van der Waals surface area contributed by atoms with Crippen molar-refractivity contribution >= 4 is 11.6 Å². The van der Waals surface area contributed by atoms with E-state index in [-0.39, 0.29) is 29.8 Å². The first kappa shape index (κ1) is 11.3. The molecular formula is C14H18O2. The van der Waals surface area contributed by atoms with E-state index < -0.39 is 0 Å². The van der Waals surface area contributed by atoms with Gasteiger partial charge in [-0.1, -0.05) is 25.2 Å². The molecule has 3 rings (SSSR count). The molecule has 2 saturated carbocycles. The zero-order chi connectivity index (χ0) is 11.7. The standard InChI is InChI=1S/C10H10O2.C4H8/c11-7-4-8(12)10-6-2-1-5(3-6)9(7)10;1-3-4-2/h1-2,5-6,9-10H,3-4H2;3H,1,4H2,2H3. The number of carbonyl (C=O) groups is 2. The van der Waals surface area contributed by atoms with E-state index in [4.69, 9.17) is 0 Å². The molecule has 0 aliphatic heterocycles. The van der Waals surface area contributed by atoms with E-state index in [0.29, 0.717) is 11.8 Å². The number of carbonyl (C=O) groups excluding carboxylic acids is 2. The normalized spacial score (nSPS) is 38.3. The Morgan fingerprint density at radius 2 is 1.69 bits per heavy atom. The largest absolute Gasteiger partial charge is 0.299 e. The number of ketones is 2. The second-order valence-electron chi connectivity index (χ2n) is 4.81. The molecular weight excluding hydrogens is 200 g/mol. The van der Waals surface area contributed by atoms with Crippen LogP contribution in [0, 0.1) is 23.7 Å². The summed E-state index contributed by atoms with van der Waals surface area (Å²) in [6.07, 6.45) is 8.47. The molecule has 0 spiro atoms. The molecule has 2 bridgehead atoms. The Bertz CT molecular complexity index is 326. The fourth-order valence-corrected chi connectivity index (χ4v) is 3.11. The van der Waals surface area contributed by atoms with Crippen molar-refractivity contribution in [3.63, 3.8) is 0 Å². The van der Waals surface area contributed by atoms with Gasteiger partial charge in [-0.3, -0.25) is 9.59 Å². The molecule has 2 nitrogen and oxygen atoms in total. The van der Waals surface area contributed by atoms with Crippen LogP contribution < -0.4 is 0 Å². The Kier molecular flexibility index (Phi) is 3.08. The van der Waals surface area contributed by atoms with E-state index in [1.165, 1.54) is 0 Å². The molecule has 0 amide bonds. The molecule has 4 atom stereocenters. The summed E-state index contributed by atoms with van der Waals surface area (Å²) >= 11 is 0. The zero-order valence-corrected chi connectivity index (χ0v) is 9.69. The highest BCUT2D eigenvalue weighted by Gasteiger charge is 2.55. The number of allylic oxidation sites excluding steroid dienone is 3. The highest BCUT2D eigenvalue weighted by atomic mass is 16.2. The van der Waals surface area contributed by atoms with Crippen LogP contribution in [-0.4, -0.2) is 11.6 Å². The van der Waals surface area contributed by atoms with Crippen molar-refractivity contribution in [3.8, 4) is 0 Å². The summed E-state index contributed by atoms with van der Waals surface area (Å²) in [5.74, 6) is 1.35. The van der Waals surface area contributed by atoms with Crippen LogP contribution in [0.25, 0.3) is 0 Å². The van der Waals surface area contributed by atoms with Crippen LogP contribution in [0.5, 0.6) is 0 Å². The molecule has 0 aromatic heterocycles. The second kappa shape index (κ2) is 4.36. The van der Waals surface area contributed by atoms with Crippen LogP contribution in [0.4, 0.5) is 0 Å². The third kappa shape index (κ3) is 1.66. The number of fused-ring (bicyclic) bond motifs is 5. The van der Waals surface area contributed by atoms with Crippen molar-refractivity contribution in [3.05, 3.63) is 24.8 Å². The van der Waals surface area contributed by atoms with Crippen molar-refractivity contribution in [2.75, 3.05) is 0 Å². The Balaban J connectivity index is 0.000000212. The van der Waals surface area contributed by atoms with Crippen molar-refractivity contribution in [2.45, 2.75) is 26.2 Å². The smallest absolute Gasteiger partial charge is 0.144 e. The van der Waals surface area contributed by atoms with E-state index in [0.717, 1.165) is 12.8 Å². The Morgan fingerprint density at radius 1 is 1.25 bits per heavy atom. The topological polar surface area (TPSA) is 34.1 Å². The van der Waals surface area contributed by atoms with Gasteiger partial charge >= 0.3 is 0 Å². The van der Waals surface area contributed by atoms with E-state index in [1.54, 1.807) is 0 Å². The first-order valence-corrected chi connectivity index (χ1v) is 6.03. The van der Waals surface area contributed by atoms with Gasteiger partial charge in [0.25, 0.3) is 0 Å². The summed E-state index contributed by atoms with van der Waals surface area (Å²) in [5.41, 5.74) is 0. The minimum absolute atomic E-state index is 0.0764. The van der Waals surface area contributed by atoms with E-state index in [1.807, 2.05) is 6.08 Å². The summed E-state index contributed by atoms with van der Waals surface area (Å²) in [4.78, 5) is 22.8. The third-order valence-electron chi connectivity index (χ3n) is 3.84. The lowest BCUT2D eigenvalue weighted by Gasteiger charge is -2.16. The number of hydrogen-bond donors (Lipinski definition) is 0. The highest BCUT2D eigenvalue weighted by molar-refractivity contribution is 6.09. The predicted octanol–water partition coefficient (Wildman–Crippen LogP) is 2.55. The molecule has 4 unspecified atom stereocenters. The first-order chi connectivity index (χ1) is 7.69. The monoisotopic (exact) mass is 218 g/mol. The number of rotatable bonds is 1. The van der Waals surface area contributed by atoms with Gasteiger partial charge in [0.05, 0.1) is 6.42 Å². The lowest BCUT2D eigenvalue weighted by Crippen LogP contribution is -2.21. The summed E-state index contributed by atoms with van der Waals surface area (Å²) in [6.45, 7) is 5.54. The lowest BCUT2D eigenvalue weighted by molar-refractivity contribution is -0.123. The average Bonchev–Trinajstić information content (AvgIpc) is 2.94. The molecule has 86 valence electrons. The van der Waals surface area contributed by atoms with Gasteiger partial charge in [0, 0.05) is 11.8 Å². The van der Waals surface area contributed by atoms with Crippen LogP contribution in [0.15, 0.2) is 24.8 Å². The van der Waals surface area contributed by atoms with Crippen molar-refractivity contribution in [2.24, 2.45) is 23.7 Å². The van der Waals surface area contributed by atoms with Crippen LogP contribution >= 0.6 is 0 Å².